The topological polar surface area (TPSA) is 38.3 Å². The van der Waals surface area contributed by atoms with Gasteiger partial charge in [-0.1, -0.05) is 34.1 Å². The van der Waals surface area contributed by atoms with Gasteiger partial charge in [0, 0.05) is 15.4 Å². The minimum absolute atomic E-state index is 0.0357. The first-order valence-electron chi connectivity index (χ1n) is 6.72. The van der Waals surface area contributed by atoms with E-state index in [-0.39, 0.29) is 18.1 Å². The van der Waals surface area contributed by atoms with Crippen LogP contribution in [0.2, 0.25) is 0 Å². The van der Waals surface area contributed by atoms with Crippen molar-refractivity contribution in [3.05, 3.63) is 56.7 Å². The molecule has 0 fully saturated rings. The number of benzene rings is 1. The van der Waals surface area contributed by atoms with E-state index in [4.69, 9.17) is 4.74 Å². The molecule has 2 aromatic rings. The number of rotatable bonds is 6. The van der Waals surface area contributed by atoms with Gasteiger partial charge in [0.15, 0.2) is 0 Å². The summed E-state index contributed by atoms with van der Waals surface area (Å²) in [4.78, 5) is 12.8. The van der Waals surface area contributed by atoms with Gasteiger partial charge in [-0.25, -0.2) is 0 Å². The zero-order valence-electron chi connectivity index (χ0n) is 12.0. The van der Waals surface area contributed by atoms with E-state index in [1.807, 2.05) is 29.6 Å². The molecule has 1 aromatic carbocycles. The Bertz CT molecular complexity index is 586. The summed E-state index contributed by atoms with van der Waals surface area (Å²) in [6, 6.07) is 12.3. The molecule has 0 aliphatic rings. The fraction of sp³-hybridized carbons (Fsp3) is 0.312. The number of halogens is 1. The maximum absolute atomic E-state index is 11.6. The van der Waals surface area contributed by atoms with E-state index in [1.54, 1.807) is 11.3 Å². The second-order valence-electron chi connectivity index (χ2n) is 4.79. The van der Waals surface area contributed by atoms with Crippen LogP contribution in [0.4, 0.5) is 0 Å². The molecule has 0 saturated carbocycles. The van der Waals surface area contributed by atoms with Crippen molar-refractivity contribution in [3.63, 3.8) is 0 Å². The number of methoxy groups -OCH3 is 1. The fourth-order valence-corrected chi connectivity index (χ4v) is 3.36. The molecule has 0 saturated heterocycles. The number of ether oxygens (including phenoxy) is 1. The summed E-state index contributed by atoms with van der Waals surface area (Å²) in [5.41, 5.74) is 1.18. The highest BCUT2D eigenvalue weighted by Gasteiger charge is 2.20. The molecule has 5 heteroatoms. The van der Waals surface area contributed by atoms with E-state index in [0.717, 1.165) is 9.35 Å². The predicted molar refractivity (Wildman–Crippen MR) is 89.4 cm³/mol. The Balaban J connectivity index is 2.12. The number of esters is 1. The normalized spacial score (nSPS) is 13.7. The SMILES string of the molecule is COC(=O)CC(NC(C)c1cccc(Br)c1)c1cccs1. The van der Waals surface area contributed by atoms with Crippen molar-refractivity contribution in [1.82, 2.24) is 5.32 Å². The third kappa shape index (κ3) is 4.66. The monoisotopic (exact) mass is 367 g/mol. The third-order valence-electron chi connectivity index (χ3n) is 3.28. The van der Waals surface area contributed by atoms with Gasteiger partial charge < -0.3 is 10.1 Å². The van der Waals surface area contributed by atoms with Gasteiger partial charge in [-0.15, -0.1) is 11.3 Å². The van der Waals surface area contributed by atoms with E-state index >= 15 is 0 Å². The summed E-state index contributed by atoms with van der Waals surface area (Å²) >= 11 is 5.13. The molecule has 0 aliphatic carbocycles. The van der Waals surface area contributed by atoms with E-state index in [9.17, 15) is 4.79 Å². The maximum atomic E-state index is 11.6. The average Bonchev–Trinajstić information content (AvgIpc) is 3.00. The van der Waals surface area contributed by atoms with Gasteiger partial charge >= 0.3 is 5.97 Å². The van der Waals surface area contributed by atoms with Crippen molar-refractivity contribution in [1.29, 1.82) is 0 Å². The molecule has 112 valence electrons. The van der Waals surface area contributed by atoms with Crippen LogP contribution in [0, 0.1) is 0 Å². The number of carbonyl (C=O) groups is 1. The summed E-state index contributed by atoms with van der Waals surface area (Å²) in [5, 5.41) is 5.54. The molecule has 0 bridgehead atoms. The van der Waals surface area contributed by atoms with E-state index in [2.05, 4.69) is 40.3 Å². The second-order valence-corrected chi connectivity index (χ2v) is 6.69. The summed E-state index contributed by atoms with van der Waals surface area (Å²) in [5.74, 6) is -0.206. The largest absolute Gasteiger partial charge is 0.469 e. The summed E-state index contributed by atoms with van der Waals surface area (Å²) in [6.45, 7) is 2.10. The van der Waals surface area contributed by atoms with Crippen LogP contribution in [0.15, 0.2) is 46.3 Å². The van der Waals surface area contributed by atoms with Crippen molar-refractivity contribution in [2.24, 2.45) is 0 Å². The van der Waals surface area contributed by atoms with Crippen LogP contribution in [0.1, 0.15) is 35.9 Å². The van der Waals surface area contributed by atoms with Crippen LogP contribution in [0.3, 0.4) is 0 Å². The average molecular weight is 368 g/mol. The standard InChI is InChI=1S/C16H18BrNO2S/c1-11(12-5-3-6-13(17)9-12)18-14(10-16(19)20-2)15-7-4-8-21-15/h3-9,11,14,18H,10H2,1-2H3. The molecule has 3 nitrogen and oxygen atoms in total. The molecule has 0 radical (unpaired) electrons. The quantitative estimate of drug-likeness (QED) is 0.765. The Morgan fingerprint density at radius 3 is 2.81 bits per heavy atom. The first kappa shape index (κ1) is 16.2. The van der Waals surface area contributed by atoms with Crippen LogP contribution in [0.25, 0.3) is 0 Å². The zero-order chi connectivity index (χ0) is 15.2. The van der Waals surface area contributed by atoms with Crippen LogP contribution in [-0.4, -0.2) is 13.1 Å². The van der Waals surface area contributed by atoms with Crippen molar-refractivity contribution in [3.8, 4) is 0 Å². The summed E-state index contributed by atoms with van der Waals surface area (Å²) in [6.07, 6.45) is 0.329. The molecule has 2 unspecified atom stereocenters. The fourth-order valence-electron chi connectivity index (χ4n) is 2.16. The minimum Gasteiger partial charge on any atom is -0.469 e. The van der Waals surface area contributed by atoms with Crippen molar-refractivity contribution in [2.45, 2.75) is 25.4 Å². The number of thiophene rings is 1. The molecule has 1 N–H and O–H groups in total. The molecule has 1 aromatic heterocycles. The van der Waals surface area contributed by atoms with E-state index in [0.29, 0.717) is 6.42 Å². The Morgan fingerprint density at radius 2 is 2.19 bits per heavy atom. The zero-order valence-corrected chi connectivity index (χ0v) is 14.4. The molecule has 2 rings (SSSR count). The van der Waals surface area contributed by atoms with Crippen molar-refractivity contribution in [2.75, 3.05) is 7.11 Å². The van der Waals surface area contributed by atoms with Crippen LogP contribution in [-0.2, 0) is 9.53 Å². The maximum Gasteiger partial charge on any atom is 0.307 e. The van der Waals surface area contributed by atoms with Crippen molar-refractivity contribution < 1.29 is 9.53 Å². The van der Waals surface area contributed by atoms with Gasteiger partial charge in [0.25, 0.3) is 0 Å². The lowest BCUT2D eigenvalue weighted by Gasteiger charge is -2.22. The van der Waals surface area contributed by atoms with Gasteiger partial charge in [0.1, 0.15) is 0 Å². The van der Waals surface area contributed by atoms with Gasteiger partial charge in [-0.05, 0) is 36.1 Å². The molecular formula is C16H18BrNO2S. The van der Waals surface area contributed by atoms with Crippen LogP contribution in [0.5, 0.6) is 0 Å². The summed E-state index contributed by atoms with van der Waals surface area (Å²) < 4.78 is 5.85. The highest BCUT2D eigenvalue weighted by atomic mass is 79.9. The smallest absolute Gasteiger partial charge is 0.307 e. The molecule has 0 spiro atoms. The molecule has 2 atom stereocenters. The van der Waals surface area contributed by atoms with Gasteiger partial charge in [-0.3, -0.25) is 4.79 Å². The third-order valence-corrected chi connectivity index (χ3v) is 4.76. The Morgan fingerprint density at radius 1 is 1.38 bits per heavy atom. The van der Waals surface area contributed by atoms with Crippen LogP contribution < -0.4 is 5.32 Å². The number of carbonyl (C=O) groups excluding carboxylic acids is 1. The highest BCUT2D eigenvalue weighted by molar-refractivity contribution is 9.10. The lowest BCUT2D eigenvalue weighted by atomic mass is 10.1. The van der Waals surface area contributed by atoms with E-state index in [1.165, 1.54) is 12.7 Å². The molecule has 1 heterocycles. The van der Waals surface area contributed by atoms with Gasteiger partial charge in [-0.2, -0.15) is 0 Å². The van der Waals surface area contributed by atoms with Crippen molar-refractivity contribution >= 4 is 33.2 Å². The first-order valence-corrected chi connectivity index (χ1v) is 8.39. The molecule has 0 aliphatic heterocycles. The predicted octanol–water partition coefficient (Wildman–Crippen LogP) is 4.47. The highest BCUT2D eigenvalue weighted by Crippen LogP contribution is 2.27. The Kier molecular flexibility index (Phi) is 5.96. The molecule has 21 heavy (non-hydrogen) atoms. The molecule has 0 amide bonds. The van der Waals surface area contributed by atoms with Crippen LogP contribution >= 0.6 is 27.3 Å². The first-order chi connectivity index (χ1) is 10.1. The minimum atomic E-state index is -0.206. The second kappa shape index (κ2) is 7.73. The number of hydrogen-bond donors (Lipinski definition) is 1. The van der Waals surface area contributed by atoms with Gasteiger partial charge in [0.05, 0.1) is 19.6 Å². The summed E-state index contributed by atoms with van der Waals surface area (Å²) in [7, 11) is 1.42. The Labute approximate surface area is 137 Å². The molecular weight excluding hydrogens is 350 g/mol. The van der Waals surface area contributed by atoms with E-state index < -0.39 is 0 Å². The lowest BCUT2D eigenvalue weighted by molar-refractivity contribution is -0.141. The Hall–Kier alpha value is -1.17. The van der Waals surface area contributed by atoms with Gasteiger partial charge in [0.2, 0.25) is 0 Å². The number of hydrogen-bond acceptors (Lipinski definition) is 4. The number of nitrogens with one attached hydrogen (secondary N) is 1. The lowest BCUT2D eigenvalue weighted by Crippen LogP contribution is -2.26.